The van der Waals surface area contributed by atoms with Crippen molar-refractivity contribution in [3.63, 3.8) is 0 Å². The molecule has 4 rings (SSSR count). The summed E-state index contributed by atoms with van der Waals surface area (Å²) in [4.78, 5) is 19.2. The normalized spacial score (nSPS) is 10.9. The molecule has 0 fully saturated rings. The first-order valence-electron chi connectivity index (χ1n) is 9.39. The minimum Gasteiger partial charge on any atom is -0.376 e. The van der Waals surface area contributed by atoms with E-state index in [2.05, 4.69) is 10.3 Å². The zero-order valence-electron chi connectivity index (χ0n) is 16.6. The Morgan fingerprint density at radius 1 is 1.03 bits per heavy atom. The lowest BCUT2D eigenvalue weighted by molar-refractivity contribution is 0.101. The Labute approximate surface area is 172 Å². The molecule has 0 unspecified atom stereocenters. The summed E-state index contributed by atoms with van der Waals surface area (Å²) in [5, 5.41) is 3.37. The van der Waals surface area contributed by atoms with Crippen molar-refractivity contribution in [1.82, 2.24) is 9.55 Å². The summed E-state index contributed by atoms with van der Waals surface area (Å²) < 4.78 is 29.1. The van der Waals surface area contributed by atoms with E-state index in [1.807, 2.05) is 25.1 Å². The number of rotatable bonds is 5. The molecule has 152 valence electrons. The predicted molar refractivity (Wildman–Crippen MR) is 114 cm³/mol. The molecule has 0 bridgehead atoms. The molecule has 0 spiro atoms. The molecule has 0 aliphatic carbocycles. The minimum absolute atomic E-state index is 0.267. The van der Waals surface area contributed by atoms with Gasteiger partial charge in [-0.15, -0.1) is 0 Å². The highest BCUT2D eigenvalue weighted by Crippen LogP contribution is 2.24. The third-order valence-electron chi connectivity index (χ3n) is 4.83. The SMILES string of the molecule is CN(C)c1ccc(NC(=O)c2cc3cc(F)ccc3n2Cc2cccc(F)c2)nc1. The van der Waals surface area contributed by atoms with Gasteiger partial charge in [0, 0.05) is 31.5 Å². The molecule has 30 heavy (non-hydrogen) atoms. The fourth-order valence-corrected chi connectivity index (χ4v) is 3.32. The molecule has 7 heteroatoms. The van der Waals surface area contributed by atoms with Gasteiger partial charge < -0.3 is 14.8 Å². The van der Waals surface area contributed by atoms with Crippen molar-refractivity contribution in [2.75, 3.05) is 24.3 Å². The average molecular weight is 406 g/mol. The Kier molecular flexibility index (Phi) is 5.18. The fourth-order valence-electron chi connectivity index (χ4n) is 3.32. The van der Waals surface area contributed by atoms with Crippen LogP contribution >= 0.6 is 0 Å². The summed E-state index contributed by atoms with van der Waals surface area (Å²) in [5.74, 6) is -0.725. The van der Waals surface area contributed by atoms with Crippen molar-refractivity contribution in [3.05, 3.63) is 89.8 Å². The van der Waals surface area contributed by atoms with E-state index in [0.717, 1.165) is 5.69 Å². The number of hydrogen-bond donors (Lipinski definition) is 1. The van der Waals surface area contributed by atoms with Crippen LogP contribution in [0.2, 0.25) is 0 Å². The Morgan fingerprint density at radius 3 is 2.53 bits per heavy atom. The number of halogens is 2. The number of anilines is 2. The van der Waals surface area contributed by atoms with E-state index >= 15 is 0 Å². The van der Waals surface area contributed by atoms with Gasteiger partial charge in [-0.3, -0.25) is 4.79 Å². The number of nitrogens with zero attached hydrogens (tertiary/aromatic N) is 3. The molecule has 2 heterocycles. The number of aromatic nitrogens is 2. The van der Waals surface area contributed by atoms with Crippen molar-refractivity contribution < 1.29 is 13.6 Å². The van der Waals surface area contributed by atoms with Gasteiger partial charge in [0.25, 0.3) is 5.91 Å². The Morgan fingerprint density at radius 2 is 1.83 bits per heavy atom. The lowest BCUT2D eigenvalue weighted by atomic mass is 10.2. The molecule has 0 atom stereocenters. The Hall–Kier alpha value is -3.74. The topological polar surface area (TPSA) is 50.2 Å². The van der Waals surface area contributed by atoms with E-state index in [4.69, 9.17) is 0 Å². The smallest absolute Gasteiger partial charge is 0.273 e. The van der Waals surface area contributed by atoms with Crippen molar-refractivity contribution in [2.24, 2.45) is 0 Å². The summed E-state index contributed by atoms with van der Waals surface area (Å²) in [6.45, 7) is 0.267. The van der Waals surface area contributed by atoms with Gasteiger partial charge in [0.15, 0.2) is 0 Å². The molecule has 0 saturated heterocycles. The molecule has 4 aromatic rings. The maximum Gasteiger partial charge on any atom is 0.273 e. The molecule has 1 amide bonds. The molecule has 0 saturated carbocycles. The number of benzene rings is 2. The molecule has 0 radical (unpaired) electrons. The lowest BCUT2D eigenvalue weighted by Crippen LogP contribution is -2.18. The van der Waals surface area contributed by atoms with Crippen LogP contribution in [0, 0.1) is 11.6 Å². The van der Waals surface area contributed by atoms with Crippen LogP contribution in [0.15, 0.2) is 66.9 Å². The zero-order valence-corrected chi connectivity index (χ0v) is 16.6. The zero-order chi connectivity index (χ0) is 21.3. The van der Waals surface area contributed by atoms with Crippen LogP contribution < -0.4 is 10.2 Å². The monoisotopic (exact) mass is 406 g/mol. The fraction of sp³-hybridized carbons (Fsp3) is 0.130. The second-order valence-corrected chi connectivity index (χ2v) is 7.20. The van der Waals surface area contributed by atoms with Crippen LogP contribution in [0.1, 0.15) is 16.1 Å². The van der Waals surface area contributed by atoms with E-state index in [1.165, 1.54) is 24.3 Å². The molecule has 0 aliphatic heterocycles. The highest BCUT2D eigenvalue weighted by Gasteiger charge is 2.17. The van der Waals surface area contributed by atoms with Gasteiger partial charge in [0.05, 0.1) is 11.9 Å². The maximum atomic E-state index is 13.7. The van der Waals surface area contributed by atoms with E-state index in [0.29, 0.717) is 28.0 Å². The van der Waals surface area contributed by atoms with E-state index < -0.39 is 5.82 Å². The van der Waals surface area contributed by atoms with Crippen molar-refractivity contribution in [2.45, 2.75) is 6.54 Å². The van der Waals surface area contributed by atoms with Gasteiger partial charge in [-0.05, 0) is 54.1 Å². The molecule has 0 aliphatic rings. The number of amides is 1. The minimum atomic E-state index is -0.390. The summed E-state index contributed by atoms with van der Waals surface area (Å²) >= 11 is 0. The van der Waals surface area contributed by atoms with Crippen LogP contribution in [0.4, 0.5) is 20.3 Å². The van der Waals surface area contributed by atoms with Gasteiger partial charge in [-0.2, -0.15) is 0 Å². The molecular formula is C23H20F2N4O. The van der Waals surface area contributed by atoms with Crippen LogP contribution in [0.5, 0.6) is 0 Å². The van der Waals surface area contributed by atoms with Crippen molar-refractivity contribution in [1.29, 1.82) is 0 Å². The van der Waals surface area contributed by atoms with Gasteiger partial charge in [-0.1, -0.05) is 12.1 Å². The molecular weight excluding hydrogens is 386 g/mol. The number of hydrogen-bond acceptors (Lipinski definition) is 3. The second kappa shape index (κ2) is 7.94. The number of carbonyl (C=O) groups excluding carboxylic acids is 1. The van der Waals surface area contributed by atoms with Gasteiger partial charge in [0.2, 0.25) is 0 Å². The number of fused-ring (bicyclic) bond motifs is 1. The number of carbonyl (C=O) groups is 1. The summed E-state index contributed by atoms with van der Waals surface area (Å²) in [6.07, 6.45) is 1.66. The Balaban J connectivity index is 1.70. The average Bonchev–Trinajstić information content (AvgIpc) is 3.06. The van der Waals surface area contributed by atoms with Gasteiger partial charge >= 0.3 is 0 Å². The number of nitrogens with one attached hydrogen (secondary N) is 1. The van der Waals surface area contributed by atoms with E-state index in [9.17, 15) is 13.6 Å². The highest BCUT2D eigenvalue weighted by molar-refractivity contribution is 6.06. The first-order valence-corrected chi connectivity index (χ1v) is 9.39. The standard InChI is InChI=1S/C23H20F2N4O/c1-28(2)19-7-9-22(26-13-19)27-23(30)21-12-16-11-18(25)6-8-20(16)29(21)14-15-4-3-5-17(24)10-15/h3-13H,14H2,1-2H3,(H,26,27,30). The first-order chi connectivity index (χ1) is 14.4. The summed E-state index contributed by atoms with van der Waals surface area (Å²) in [6, 6.07) is 15.7. The largest absolute Gasteiger partial charge is 0.376 e. The third-order valence-corrected chi connectivity index (χ3v) is 4.83. The molecule has 1 N–H and O–H groups in total. The van der Waals surface area contributed by atoms with Crippen LogP contribution in [0.25, 0.3) is 10.9 Å². The first kappa shape index (κ1) is 19.6. The maximum absolute atomic E-state index is 13.7. The quantitative estimate of drug-likeness (QED) is 0.524. The van der Waals surface area contributed by atoms with Crippen molar-refractivity contribution >= 4 is 28.3 Å². The Bertz CT molecular complexity index is 1220. The predicted octanol–water partition coefficient (Wildman–Crippen LogP) is 4.68. The van der Waals surface area contributed by atoms with Crippen molar-refractivity contribution in [3.8, 4) is 0 Å². The highest BCUT2D eigenvalue weighted by atomic mass is 19.1. The van der Waals surface area contributed by atoms with E-state index in [-0.39, 0.29) is 18.3 Å². The third kappa shape index (κ3) is 4.00. The molecule has 2 aromatic heterocycles. The summed E-state index contributed by atoms with van der Waals surface area (Å²) in [7, 11) is 3.80. The van der Waals surface area contributed by atoms with Crippen LogP contribution in [-0.2, 0) is 6.54 Å². The van der Waals surface area contributed by atoms with Gasteiger partial charge in [-0.25, -0.2) is 13.8 Å². The van der Waals surface area contributed by atoms with E-state index in [1.54, 1.807) is 41.1 Å². The van der Waals surface area contributed by atoms with Crippen LogP contribution in [0.3, 0.4) is 0 Å². The number of pyridine rings is 1. The summed E-state index contributed by atoms with van der Waals surface area (Å²) in [5.41, 5.74) is 2.61. The molecule has 2 aromatic carbocycles. The lowest BCUT2D eigenvalue weighted by Gasteiger charge is -2.13. The second-order valence-electron chi connectivity index (χ2n) is 7.20. The van der Waals surface area contributed by atoms with Gasteiger partial charge in [0.1, 0.15) is 23.1 Å². The molecule has 5 nitrogen and oxygen atoms in total. The van der Waals surface area contributed by atoms with Crippen LogP contribution in [-0.4, -0.2) is 29.6 Å².